The number of hydrogen-bond donors (Lipinski definition) is 2. The molecule has 4 rings (SSSR count). The zero-order chi connectivity index (χ0) is 22.3. The Morgan fingerprint density at radius 3 is 2.25 bits per heavy atom. The predicted molar refractivity (Wildman–Crippen MR) is 125 cm³/mol. The molecule has 2 N–H and O–H groups in total. The minimum atomic E-state index is -0.0111. The predicted octanol–water partition coefficient (Wildman–Crippen LogP) is 5.02. The minimum Gasteiger partial charge on any atom is -0.508 e. The van der Waals surface area contributed by atoms with Crippen LogP contribution < -0.4 is 4.74 Å². The summed E-state index contributed by atoms with van der Waals surface area (Å²) in [4.78, 5) is 14.6. The van der Waals surface area contributed by atoms with Gasteiger partial charge in [-0.3, -0.25) is 4.79 Å². The Morgan fingerprint density at radius 1 is 0.875 bits per heavy atom. The molecule has 1 fully saturated rings. The number of hydrogen-bond acceptors (Lipinski definition) is 4. The quantitative estimate of drug-likeness (QED) is 0.551. The number of benzene rings is 3. The van der Waals surface area contributed by atoms with Gasteiger partial charge in [-0.05, 0) is 61.4 Å². The lowest BCUT2D eigenvalue weighted by Crippen LogP contribution is -2.41. The SMILES string of the molecule is O=C(COc1ccccc1-c1ccccc1O)N1CCC(CCc2ccc(O)cc2)CC1. The van der Waals surface area contributed by atoms with E-state index in [0.717, 1.165) is 44.3 Å². The summed E-state index contributed by atoms with van der Waals surface area (Å²) in [6.45, 7) is 1.50. The van der Waals surface area contributed by atoms with E-state index < -0.39 is 0 Å². The Morgan fingerprint density at radius 2 is 1.53 bits per heavy atom. The van der Waals surface area contributed by atoms with Gasteiger partial charge in [-0.15, -0.1) is 0 Å². The molecule has 1 aliphatic heterocycles. The van der Waals surface area contributed by atoms with Crippen molar-refractivity contribution in [3.05, 3.63) is 78.4 Å². The van der Waals surface area contributed by atoms with Gasteiger partial charge < -0.3 is 19.8 Å². The monoisotopic (exact) mass is 431 g/mol. The van der Waals surface area contributed by atoms with Gasteiger partial charge in [0.1, 0.15) is 17.2 Å². The van der Waals surface area contributed by atoms with Crippen LogP contribution in [0.5, 0.6) is 17.2 Å². The first-order chi connectivity index (χ1) is 15.6. The number of likely N-dealkylation sites (tertiary alicyclic amines) is 1. The molecular weight excluding hydrogens is 402 g/mol. The summed E-state index contributed by atoms with van der Waals surface area (Å²) >= 11 is 0. The highest BCUT2D eigenvalue weighted by Gasteiger charge is 2.23. The van der Waals surface area contributed by atoms with Crippen LogP contribution in [0.3, 0.4) is 0 Å². The van der Waals surface area contributed by atoms with Gasteiger partial charge in [-0.1, -0.05) is 48.5 Å². The molecule has 0 radical (unpaired) electrons. The molecular formula is C27H29NO4. The van der Waals surface area contributed by atoms with Gasteiger partial charge in [-0.2, -0.15) is 0 Å². The van der Waals surface area contributed by atoms with Crippen LogP contribution in [0.25, 0.3) is 11.1 Å². The van der Waals surface area contributed by atoms with E-state index in [-0.39, 0.29) is 18.3 Å². The third kappa shape index (κ3) is 5.41. The maximum Gasteiger partial charge on any atom is 0.260 e. The first-order valence-electron chi connectivity index (χ1n) is 11.2. The second-order valence-corrected chi connectivity index (χ2v) is 8.33. The van der Waals surface area contributed by atoms with Crippen LogP contribution in [0.15, 0.2) is 72.8 Å². The lowest BCUT2D eigenvalue weighted by molar-refractivity contribution is -0.134. The first kappa shape index (κ1) is 21.8. The molecule has 0 bridgehead atoms. The van der Waals surface area contributed by atoms with E-state index in [1.54, 1.807) is 24.3 Å². The second kappa shape index (κ2) is 10.2. The van der Waals surface area contributed by atoms with Crippen LogP contribution in [0, 0.1) is 5.92 Å². The Labute approximate surface area is 188 Å². The maximum atomic E-state index is 12.7. The number of ether oxygens (including phenoxy) is 1. The van der Waals surface area contributed by atoms with Gasteiger partial charge in [-0.25, -0.2) is 0 Å². The fourth-order valence-electron chi connectivity index (χ4n) is 4.25. The van der Waals surface area contributed by atoms with Gasteiger partial charge in [0.05, 0.1) is 0 Å². The van der Waals surface area contributed by atoms with Gasteiger partial charge in [0.15, 0.2) is 6.61 Å². The summed E-state index contributed by atoms with van der Waals surface area (Å²) in [6, 6.07) is 22.0. The van der Waals surface area contributed by atoms with Gasteiger partial charge >= 0.3 is 0 Å². The number of aromatic hydroxyl groups is 2. The van der Waals surface area contributed by atoms with E-state index >= 15 is 0 Å². The summed E-state index contributed by atoms with van der Waals surface area (Å²) in [5.41, 5.74) is 2.69. The first-order valence-corrected chi connectivity index (χ1v) is 11.2. The number of carbonyl (C=O) groups excluding carboxylic acids is 1. The standard InChI is InChI=1S/C27H29NO4/c29-22-13-11-20(12-14-22)9-10-21-15-17-28(18-16-21)27(31)19-32-26-8-4-2-6-24(26)23-5-1-3-7-25(23)30/h1-8,11-14,21,29-30H,9-10,15-19H2. The zero-order valence-corrected chi connectivity index (χ0v) is 18.1. The lowest BCUT2D eigenvalue weighted by atomic mass is 9.90. The van der Waals surface area contributed by atoms with Crippen LogP contribution in [-0.2, 0) is 11.2 Å². The van der Waals surface area contributed by atoms with Crippen LogP contribution >= 0.6 is 0 Å². The Bertz CT molecular complexity index is 1040. The maximum absolute atomic E-state index is 12.7. The molecule has 3 aromatic rings. The summed E-state index contributed by atoms with van der Waals surface area (Å²) < 4.78 is 5.88. The molecule has 0 aromatic heterocycles. The number of nitrogens with zero attached hydrogens (tertiary/aromatic N) is 1. The highest BCUT2D eigenvalue weighted by atomic mass is 16.5. The number of aryl methyl sites for hydroxylation is 1. The molecule has 0 saturated carbocycles. The number of carbonyl (C=O) groups is 1. The third-order valence-electron chi connectivity index (χ3n) is 6.18. The Hall–Kier alpha value is -3.47. The summed E-state index contributed by atoms with van der Waals surface area (Å²) in [5, 5.41) is 19.6. The van der Waals surface area contributed by atoms with Crippen molar-refractivity contribution < 1.29 is 19.7 Å². The summed E-state index contributed by atoms with van der Waals surface area (Å²) in [5.74, 6) is 1.67. The number of para-hydroxylation sites is 2. The number of phenolic OH excluding ortho intramolecular Hbond substituents is 2. The van der Waals surface area contributed by atoms with Crippen molar-refractivity contribution >= 4 is 5.91 Å². The molecule has 5 heteroatoms. The normalized spacial score (nSPS) is 14.3. The molecule has 166 valence electrons. The number of piperidine rings is 1. The van der Waals surface area contributed by atoms with Crippen molar-refractivity contribution in [1.82, 2.24) is 4.90 Å². The topological polar surface area (TPSA) is 70.0 Å². The molecule has 0 spiro atoms. The molecule has 1 aliphatic rings. The van der Waals surface area contributed by atoms with E-state index in [9.17, 15) is 15.0 Å². The number of amides is 1. The zero-order valence-electron chi connectivity index (χ0n) is 18.1. The Kier molecular flexibility index (Phi) is 6.95. The molecule has 1 saturated heterocycles. The van der Waals surface area contributed by atoms with E-state index in [0.29, 0.717) is 23.0 Å². The van der Waals surface area contributed by atoms with Crippen LogP contribution in [0.2, 0.25) is 0 Å². The van der Waals surface area contributed by atoms with Gasteiger partial charge in [0.2, 0.25) is 0 Å². The minimum absolute atomic E-state index is 0.00549. The fourth-order valence-corrected chi connectivity index (χ4v) is 4.25. The summed E-state index contributed by atoms with van der Waals surface area (Å²) in [7, 11) is 0. The molecule has 1 heterocycles. The van der Waals surface area contributed by atoms with Gasteiger partial charge in [0.25, 0.3) is 5.91 Å². The average molecular weight is 432 g/mol. The highest BCUT2D eigenvalue weighted by molar-refractivity contribution is 5.79. The molecule has 0 aliphatic carbocycles. The number of phenols is 2. The largest absolute Gasteiger partial charge is 0.508 e. The van der Waals surface area contributed by atoms with E-state index in [1.807, 2.05) is 53.4 Å². The fraction of sp³-hybridized carbons (Fsp3) is 0.296. The average Bonchev–Trinajstić information content (AvgIpc) is 2.83. The van der Waals surface area contributed by atoms with Crippen molar-refractivity contribution in [2.45, 2.75) is 25.7 Å². The van der Waals surface area contributed by atoms with Crippen molar-refractivity contribution in [1.29, 1.82) is 0 Å². The van der Waals surface area contributed by atoms with E-state index in [4.69, 9.17) is 4.74 Å². The number of rotatable bonds is 7. The molecule has 5 nitrogen and oxygen atoms in total. The van der Waals surface area contributed by atoms with Crippen molar-refractivity contribution in [3.63, 3.8) is 0 Å². The molecule has 32 heavy (non-hydrogen) atoms. The highest BCUT2D eigenvalue weighted by Crippen LogP contribution is 2.35. The third-order valence-corrected chi connectivity index (χ3v) is 6.18. The van der Waals surface area contributed by atoms with E-state index in [2.05, 4.69) is 0 Å². The van der Waals surface area contributed by atoms with Crippen LogP contribution in [0.1, 0.15) is 24.8 Å². The van der Waals surface area contributed by atoms with Gasteiger partial charge in [0, 0.05) is 24.2 Å². The van der Waals surface area contributed by atoms with Crippen LogP contribution in [-0.4, -0.2) is 40.7 Å². The van der Waals surface area contributed by atoms with Crippen molar-refractivity contribution in [2.24, 2.45) is 5.92 Å². The second-order valence-electron chi connectivity index (χ2n) is 8.33. The molecule has 1 amide bonds. The lowest BCUT2D eigenvalue weighted by Gasteiger charge is -2.32. The molecule has 0 atom stereocenters. The summed E-state index contributed by atoms with van der Waals surface area (Å²) in [6.07, 6.45) is 4.08. The van der Waals surface area contributed by atoms with Crippen molar-refractivity contribution in [3.8, 4) is 28.4 Å². The van der Waals surface area contributed by atoms with Crippen LogP contribution in [0.4, 0.5) is 0 Å². The Balaban J connectivity index is 1.27. The molecule has 3 aromatic carbocycles. The van der Waals surface area contributed by atoms with E-state index in [1.165, 1.54) is 5.56 Å². The molecule has 0 unspecified atom stereocenters. The smallest absolute Gasteiger partial charge is 0.260 e. The van der Waals surface area contributed by atoms with Crippen molar-refractivity contribution in [2.75, 3.05) is 19.7 Å².